The summed E-state index contributed by atoms with van der Waals surface area (Å²) in [4.78, 5) is 34.0. The van der Waals surface area contributed by atoms with E-state index in [-0.39, 0.29) is 23.8 Å². The summed E-state index contributed by atoms with van der Waals surface area (Å²) in [6, 6.07) is 10.1. The molecule has 4 heterocycles. The van der Waals surface area contributed by atoms with Crippen LogP contribution in [0.25, 0.3) is 0 Å². The number of hydrogen-bond acceptors (Lipinski definition) is 5. The summed E-state index contributed by atoms with van der Waals surface area (Å²) < 4.78 is 13.4. The fraction of sp³-hybridized carbons (Fsp3) is 0.522. The molecule has 5 rings (SSSR count). The normalized spacial score (nSPS) is 22.3. The average molecular weight is 425 g/mol. The Bertz CT molecular complexity index is 930. The van der Waals surface area contributed by atoms with Crippen LogP contribution in [-0.4, -0.2) is 70.6 Å². The lowest BCUT2D eigenvalue weighted by Gasteiger charge is -2.35. The first-order valence-electron chi connectivity index (χ1n) is 11.1. The number of likely N-dealkylation sites (tertiary alicyclic amines) is 1. The molecule has 2 aromatic rings. The van der Waals surface area contributed by atoms with Crippen LogP contribution in [0.3, 0.4) is 0 Å². The molecule has 2 saturated heterocycles. The Morgan fingerprint density at radius 1 is 0.968 bits per heavy atom. The molecule has 31 heavy (non-hydrogen) atoms. The van der Waals surface area contributed by atoms with Gasteiger partial charge in [0.15, 0.2) is 5.69 Å². The van der Waals surface area contributed by atoms with Crippen molar-refractivity contribution < 1.29 is 19.1 Å². The summed E-state index contributed by atoms with van der Waals surface area (Å²) in [7, 11) is 0. The first-order chi connectivity index (χ1) is 15.2. The molecule has 0 unspecified atom stereocenters. The second-order valence-electron chi connectivity index (χ2n) is 8.41. The minimum Gasteiger partial charge on any atom is -0.378 e. The van der Waals surface area contributed by atoms with Crippen LogP contribution < -0.4 is 0 Å². The van der Waals surface area contributed by atoms with Gasteiger partial charge in [0.25, 0.3) is 5.91 Å². The summed E-state index contributed by atoms with van der Waals surface area (Å²) in [5, 5.41) is 0. The lowest BCUT2D eigenvalue weighted by molar-refractivity contribution is -0.141. The van der Waals surface area contributed by atoms with Crippen LogP contribution in [0.15, 0.2) is 36.7 Å². The van der Waals surface area contributed by atoms with Gasteiger partial charge in [0.2, 0.25) is 5.91 Å². The minimum atomic E-state index is -0.0622. The van der Waals surface area contributed by atoms with Crippen molar-refractivity contribution in [3.63, 3.8) is 0 Å². The molecule has 0 saturated carbocycles. The first-order valence-corrected chi connectivity index (χ1v) is 11.1. The van der Waals surface area contributed by atoms with Gasteiger partial charge in [-0.3, -0.25) is 9.59 Å². The number of carbonyl (C=O) groups is 2. The third-order valence-corrected chi connectivity index (χ3v) is 6.56. The zero-order valence-corrected chi connectivity index (χ0v) is 17.6. The van der Waals surface area contributed by atoms with Crippen LogP contribution >= 0.6 is 0 Å². The molecule has 0 bridgehead atoms. The second kappa shape index (κ2) is 8.80. The van der Waals surface area contributed by atoms with Gasteiger partial charge < -0.3 is 23.8 Å². The molecule has 0 aliphatic carbocycles. The van der Waals surface area contributed by atoms with E-state index in [0.29, 0.717) is 71.1 Å². The highest BCUT2D eigenvalue weighted by Crippen LogP contribution is 2.29. The van der Waals surface area contributed by atoms with Crippen LogP contribution in [0.2, 0.25) is 0 Å². The van der Waals surface area contributed by atoms with E-state index in [1.165, 1.54) is 0 Å². The van der Waals surface area contributed by atoms with E-state index in [4.69, 9.17) is 9.47 Å². The number of benzene rings is 1. The van der Waals surface area contributed by atoms with Gasteiger partial charge in [-0.1, -0.05) is 30.3 Å². The molecule has 0 N–H and O–H groups in total. The molecule has 2 fully saturated rings. The highest BCUT2D eigenvalue weighted by molar-refractivity contribution is 5.93. The van der Waals surface area contributed by atoms with E-state index in [2.05, 4.69) is 17.1 Å². The topological polar surface area (TPSA) is 76.9 Å². The zero-order valence-electron chi connectivity index (χ0n) is 17.6. The number of aromatic nitrogens is 2. The maximum atomic E-state index is 13.1. The number of rotatable bonds is 3. The van der Waals surface area contributed by atoms with E-state index >= 15 is 0 Å². The predicted molar refractivity (Wildman–Crippen MR) is 112 cm³/mol. The Morgan fingerprint density at radius 3 is 2.45 bits per heavy atom. The van der Waals surface area contributed by atoms with E-state index < -0.39 is 0 Å². The number of fused-ring (bicyclic) bond motifs is 1. The van der Waals surface area contributed by atoms with Crippen molar-refractivity contribution in [1.82, 2.24) is 19.4 Å². The molecule has 1 aromatic carbocycles. The van der Waals surface area contributed by atoms with Gasteiger partial charge in [0.1, 0.15) is 6.10 Å². The average Bonchev–Trinajstić information content (AvgIpc) is 3.27. The Morgan fingerprint density at radius 2 is 1.71 bits per heavy atom. The fourth-order valence-corrected chi connectivity index (χ4v) is 4.70. The van der Waals surface area contributed by atoms with Crippen molar-refractivity contribution in [2.24, 2.45) is 5.92 Å². The number of amides is 2. The number of imidazole rings is 1. The third-order valence-electron chi connectivity index (χ3n) is 6.56. The van der Waals surface area contributed by atoms with Gasteiger partial charge in [-0.05, 0) is 18.4 Å². The van der Waals surface area contributed by atoms with Gasteiger partial charge in [-0.15, -0.1) is 0 Å². The van der Waals surface area contributed by atoms with Crippen LogP contribution in [0.5, 0.6) is 0 Å². The van der Waals surface area contributed by atoms with Crippen LogP contribution in [0.1, 0.15) is 40.7 Å². The summed E-state index contributed by atoms with van der Waals surface area (Å²) in [5.74, 6) is 0.135. The Kier molecular flexibility index (Phi) is 5.74. The summed E-state index contributed by atoms with van der Waals surface area (Å²) >= 11 is 0. The molecule has 0 radical (unpaired) electrons. The monoisotopic (exact) mass is 424 g/mol. The predicted octanol–water partition coefficient (Wildman–Crippen LogP) is 1.87. The van der Waals surface area contributed by atoms with Crippen molar-refractivity contribution in [3.8, 4) is 0 Å². The van der Waals surface area contributed by atoms with E-state index in [1.54, 1.807) is 6.33 Å². The first kappa shape index (κ1) is 20.2. The highest BCUT2D eigenvalue weighted by atomic mass is 16.5. The maximum Gasteiger partial charge on any atom is 0.274 e. The fourth-order valence-electron chi connectivity index (χ4n) is 4.70. The van der Waals surface area contributed by atoms with Crippen molar-refractivity contribution >= 4 is 11.8 Å². The van der Waals surface area contributed by atoms with Crippen molar-refractivity contribution in [2.45, 2.75) is 32.1 Å². The number of piperidine rings is 1. The van der Waals surface area contributed by atoms with Gasteiger partial charge in [0.05, 0.1) is 38.4 Å². The number of nitrogens with zero attached hydrogens (tertiary/aromatic N) is 4. The number of carbonyl (C=O) groups excluding carboxylic acids is 2. The molecule has 8 nitrogen and oxygen atoms in total. The summed E-state index contributed by atoms with van der Waals surface area (Å²) in [6.45, 7) is 4.75. The van der Waals surface area contributed by atoms with Crippen molar-refractivity contribution in [2.75, 3.05) is 39.4 Å². The smallest absolute Gasteiger partial charge is 0.274 e. The largest absolute Gasteiger partial charge is 0.378 e. The Labute approximate surface area is 181 Å². The van der Waals surface area contributed by atoms with E-state index in [0.717, 1.165) is 11.3 Å². The van der Waals surface area contributed by atoms with Crippen LogP contribution in [0, 0.1) is 5.92 Å². The van der Waals surface area contributed by atoms with Crippen LogP contribution in [0.4, 0.5) is 0 Å². The molecule has 3 aliphatic heterocycles. The lowest BCUT2D eigenvalue weighted by Crippen LogP contribution is -2.47. The standard InChI is InChI=1S/C23H28N4O4/c28-22(26-10-12-30-13-11-26)18-6-8-25(9-7-18)23(29)21-19-15-31-20(14-27(19)16-24-21)17-4-2-1-3-5-17/h1-5,16,18,20H,6-15H2/t20-/m0/s1. The second-order valence-corrected chi connectivity index (χ2v) is 8.41. The van der Waals surface area contributed by atoms with Crippen LogP contribution in [-0.2, 0) is 27.4 Å². The number of hydrogen-bond donors (Lipinski definition) is 0. The molecule has 3 aliphatic rings. The minimum absolute atomic E-state index is 0.00646. The van der Waals surface area contributed by atoms with E-state index in [1.807, 2.05) is 32.6 Å². The molecule has 1 aromatic heterocycles. The molecule has 0 spiro atoms. The molecule has 8 heteroatoms. The number of morpholine rings is 1. The Balaban J connectivity index is 1.20. The molecular formula is C23H28N4O4. The van der Waals surface area contributed by atoms with Gasteiger partial charge in [-0.2, -0.15) is 0 Å². The lowest BCUT2D eigenvalue weighted by atomic mass is 9.94. The SMILES string of the molecule is O=C(c1ncn2c1CO[C@H](c1ccccc1)C2)N1CCC(C(=O)N2CCOCC2)CC1. The molecular weight excluding hydrogens is 396 g/mol. The maximum absolute atomic E-state index is 13.1. The van der Waals surface area contributed by atoms with Crippen molar-refractivity contribution in [3.05, 3.63) is 53.6 Å². The van der Waals surface area contributed by atoms with E-state index in [9.17, 15) is 9.59 Å². The third kappa shape index (κ3) is 4.09. The Hall–Kier alpha value is -2.71. The molecule has 1 atom stereocenters. The quantitative estimate of drug-likeness (QED) is 0.752. The zero-order chi connectivity index (χ0) is 21.2. The van der Waals surface area contributed by atoms with Gasteiger partial charge >= 0.3 is 0 Å². The van der Waals surface area contributed by atoms with Gasteiger partial charge in [0, 0.05) is 32.1 Å². The highest BCUT2D eigenvalue weighted by Gasteiger charge is 2.33. The summed E-state index contributed by atoms with van der Waals surface area (Å²) in [6.07, 6.45) is 3.11. The summed E-state index contributed by atoms with van der Waals surface area (Å²) in [5.41, 5.74) is 2.44. The molecule has 2 amide bonds. The van der Waals surface area contributed by atoms with Crippen molar-refractivity contribution in [1.29, 1.82) is 0 Å². The molecule has 164 valence electrons. The van der Waals surface area contributed by atoms with Gasteiger partial charge in [-0.25, -0.2) is 4.98 Å². The number of ether oxygens (including phenoxy) is 2.